The van der Waals surface area contributed by atoms with E-state index in [2.05, 4.69) is 49.4 Å². The number of amides is 1. The average Bonchev–Trinajstić information content (AvgIpc) is 2.90. The van der Waals surface area contributed by atoms with Gasteiger partial charge in [0.05, 0.1) is 6.54 Å². The van der Waals surface area contributed by atoms with Gasteiger partial charge in [0.15, 0.2) is 0 Å². The van der Waals surface area contributed by atoms with Crippen molar-refractivity contribution in [1.82, 2.24) is 4.90 Å². The maximum atomic E-state index is 12.0. The molecule has 1 amide bonds. The number of rotatable bonds is 4. The van der Waals surface area contributed by atoms with Crippen LogP contribution in [0.15, 0.2) is 48.1 Å². The van der Waals surface area contributed by atoms with Crippen molar-refractivity contribution in [3.05, 3.63) is 59.2 Å². The predicted octanol–water partition coefficient (Wildman–Crippen LogP) is 3.85. The SMILES string of the molecule is CCc1ccc(CN2CC(C3=CC=CCC3)OC2=O)cc1. The molecule has 0 spiro atoms. The summed E-state index contributed by atoms with van der Waals surface area (Å²) in [6, 6.07) is 8.45. The van der Waals surface area contributed by atoms with Crippen molar-refractivity contribution in [1.29, 1.82) is 0 Å². The first-order valence-corrected chi connectivity index (χ1v) is 7.65. The monoisotopic (exact) mass is 283 g/mol. The van der Waals surface area contributed by atoms with Crippen LogP contribution in [0.25, 0.3) is 0 Å². The third kappa shape index (κ3) is 3.18. The summed E-state index contributed by atoms with van der Waals surface area (Å²) in [4.78, 5) is 13.8. The zero-order valence-corrected chi connectivity index (χ0v) is 12.4. The fourth-order valence-electron chi connectivity index (χ4n) is 2.82. The first kappa shape index (κ1) is 13.9. The number of cyclic esters (lactones) is 1. The van der Waals surface area contributed by atoms with Crippen molar-refractivity contribution in [2.24, 2.45) is 0 Å². The maximum Gasteiger partial charge on any atom is 0.410 e. The molecule has 1 aliphatic heterocycles. The fraction of sp³-hybridized carbons (Fsp3) is 0.389. The molecular weight excluding hydrogens is 262 g/mol. The van der Waals surface area contributed by atoms with Crippen LogP contribution in [0.1, 0.15) is 30.9 Å². The summed E-state index contributed by atoms with van der Waals surface area (Å²) in [7, 11) is 0. The van der Waals surface area contributed by atoms with Crippen molar-refractivity contribution in [2.75, 3.05) is 6.54 Å². The highest BCUT2D eigenvalue weighted by Gasteiger charge is 2.33. The topological polar surface area (TPSA) is 29.5 Å². The minimum atomic E-state index is -0.199. The van der Waals surface area contributed by atoms with Crippen molar-refractivity contribution in [3.8, 4) is 0 Å². The number of hydrogen-bond donors (Lipinski definition) is 0. The Morgan fingerprint density at radius 1 is 1.24 bits per heavy atom. The molecule has 0 radical (unpaired) electrons. The number of benzene rings is 1. The molecule has 3 heteroatoms. The van der Waals surface area contributed by atoms with E-state index in [1.165, 1.54) is 11.1 Å². The quantitative estimate of drug-likeness (QED) is 0.840. The Morgan fingerprint density at radius 3 is 2.67 bits per heavy atom. The van der Waals surface area contributed by atoms with Crippen LogP contribution in [0, 0.1) is 0 Å². The Hall–Kier alpha value is -2.03. The molecule has 1 fully saturated rings. The third-order valence-corrected chi connectivity index (χ3v) is 4.15. The Labute approximate surface area is 125 Å². The van der Waals surface area contributed by atoms with Gasteiger partial charge in [0.25, 0.3) is 0 Å². The third-order valence-electron chi connectivity index (χ3n) is 4.15. The Morgan fingerprint density at radius 2 is 2.00 bits per heavy atom. The lowest BCUT2D eigenvalue weighted by Gasteiger charge is -2.15. The Kier molecular flexibility index (Phi) is 4.09. The first-order chi connectivity index (χ1) is 10.3. The molecule has 1 aromatic rings. The second kappa shape index (κ2) is 6.17. The summed E-state index contributed by atoms with van der Waals surface area (Å²) in [6.45, 7) is 3.43. The summed E-state index contributed by atoms with van der Waals surface area (Å²) in [6.07, 6.45) is 9.08. The van der Waals surface area contributed by atoms with E-state index in [0.29, 0.717) is 13.1 Å². The number of ether oxygens (including phenoxy) is 1. The number of allylic oxidation sites excluding steroid dienone is 3. The van der Waals surface area contributed by atoms with Crippen molar-refractivity contribution < 1.29 is 9.53 Å². The van der Waals surface area contributed by atoms with Gasteiger partial charge in [-0.05, 0) is 36.0 Å². The zero-order valence-electron chi connectivity index (χ0n) is 12.4. The Balaban J connectivity index is 1.64. The van der Waals surface area contributed by atoms with Crippen LogP contribution in [0.5, 0.6) is 0 Å². The number of carbonyl (C=O) groups is 1. The molecule has 3 rings (SSSR count). The van der Waals surface area contributed by atoms with Crippen LogP contribution in [0.3, 0.4) is 0 Å². The van der Waals surface area contributed by atoms with E-state index in [1.807, 2.05) is 0 Å². The van der Waals surface area contributed by atoms with Gasteiger partial charge in [-0.2, -0.15) is 0 Å². The van der Waals surface area contributed by atoms with Crippen molar-refractivity contribution >= 4 is 6.09 Å². The van der Waals surface area contributed by atoms with E-state index in [0.717, 1.165) is 24.8 Å². The van der Waals surface area contributed by atoms with Gasteiger partial charge in [-0.15, -0.1) is 0 Å². The smallest absolute Gasteiger partial charge is 0.410 e. The van der Waals surface area contributed by atoms with Crippen LogP contribution >= 0.6 is 0 Å². The molecule has 3 nitrogen and oxygen atoms in total. The minimum absolute atomic E-state index is 0.0719. The lowest BCUT2D eigenvalue weighted by atomic mass is 10.00. The predicted molar refractivity (Wildman–Crippen MR) is 83.0 cm³/mol. The first-order valence-electron chi connectivity index (χ1n) is 7.65. The Bertz CT molecular complexity index is 571. The molecule has 21 heavy (non-hydrogen) atoms. The van der Waals surface area contributed by atoms with Crippen LogP contribution < -0.4 is 0 Å². The van der Waals surface area contributed by atoms with E-state index in [1.54, 1.807) is 4.90 Å². The van der Waals surface area contributed by atoms with E-state index < -0.39 is 0 Å². The maximum absolute atomic E-state index is 12.0. The molecule has 110 valence electrons. The molecule has 0 aromatic heterocycles. The van der Waals surface area contributed by atoms with Crippen LogP contribution in [-0.2, 0) is 17.7 Å². The molecule has 1 aliphatic carbocycles. The standard InChI is InChI=1S/C18H21NO2/c1-2-14-8-10-15(11-9-14)12-19-13-17(21-18(19)20)16-6-4-3-5-7-16/h3-4,6,8-11,17H,2,5,7,12-13H2,1H3. The van der Waals surface area contributed by atoms with Gasteiger partial charge >= 0.3 is 6.09 Å². The van der Waals surface area contributed by atoms with E-state index in [9.17, 15) is 4.79 Å². The molecule has 0 bridgehead atoms. The largest absolute Gasteiger partial charge is 0.440 e. The second-order valence-corrected chi connectivity index (χ2v) is 5.63. The molecule has 0 N–H and O–H groups in total. The van der Waals surface area contributed by atoms with Gasteiger partial charge in [0, 0.05) is 6.54 Å². The van der Waals surface area contributed by atoms with Crippen LogP contribution in [0.4, 0.5) is 4.79 Å². The highest BCUT2D eigenvalue weighted by molar-refractivity contribution is 5.70. The molecule has 0 saturated carbocycles. The number of nitrogens with zero attached hydrogens (tertiary/aromatic N) is 1. The number of hydrogen-bond acceptors (Lipinski definition) is 2. The van der Waals surface area contributed by atoms with Crippen molar-refractivity contribution in [3.63, 3.8) is 0 Å². The molecule has 1 heterocycles. The van der Waals surface area contributed by atoms with Crippen molar-refractivity contribution in [2.45, 2.75) is 38.8 Å². The lowest BCUT2D eigenvalue weighted by molar-refractivity contribution is 0.141. The molecular formula is C18H21NO2. The van der Waals surface area contributed by atoms with Gasteiger partial charge in [-0.25, -0.2) is 4.79 Å². The van der Waals surface area contributed by atoms with Gasteiger partial charge in [-0.3, -0.25) is 4.90 Å². The summed E-state index contributed by atoms with van der Waals surface area (Å²) >= 11 is 0. The van der Waals surface area contributed by atoms with Crippen LogP contribution in [-0.4, -0.2) is 23.6 Å². The normalized spacial score (nSPS) is 21.4. The van der Waals surface area contributed by atoms with Gasteiger partial charge in [0.2, 0.25) is 0 Å². The molecule has 1 saturated heterocycles. The van der Waals surface area contributed by atoms with E-state index >= 15 is 0 Å². The van der Waals surface area contributed by atoms with Gasteiger partial charge in [-0.1, -0.05) is 49.4 Å². The molecule has 1 unspecified atom stereocenters. The number of carbonyl (C=O) groups excluding carboxylic acids is 1. The van der Waals surface area contributed by atoms with Gasteiger partial charge < -0.3 is 4.74 Å². The van der Waals surface area contributed by atoms with E-state index in [4.69, 9.17) is 4.74 Å². The average molecular weight is 283 g/mol. The summed E-state index contributed by atoms with van der Waals surface area (Å²) in [5, 5.41) is 0. The highest BCUT2D eigenvalue weighted by Crippen LogP contribution is 2.25. The second-order valence-electron chi connectivity index (χ2n) is 5.63. The number of aryl methyl sites for hydroxylation is 1. The zero-order chi connectivity index (χ0) is 14.7. The van der Waals surface area contributed by atoms with Gasteiger partial charge in [0.1, 0.15) is 6.10 Å². The van der Waals surface area contributed by atoms with Crippen LogP contribution in [0.2, 0.25) is 0 Å². The summed E-state index contributed by atoms with van der Waals surface area (Å²) in [5.41, 5.74) is 3.71. The molecule has 1 atom stereocenters. The lowest BCUT2D eigenvalue weighted by Crippen LogP contribution is -2.25. The molecule has 1 aromatic carbocycles. The van der Waals surface area contributed by atoms with E-state index in [-0.39, 0.29) is 12.2 Å². The molecule has 2 aliphatic rings. The fourth-order valence-corrected chi connectivity index (χ4v) is 2.82. The minimum Gasteiger partial charge on any atom is -0.440 e. The summed E-state index contributed by atoms with van der Waals surface area (Å²) < 4.78 is 5.52. The highest BCUT2D eigenvalue weighted by atomic mass is 16.6. The summed E-state index contributed by atoms with van der Waals surface area (Å²) in [5.74, 6) is 0.